The zero-order valence-corrected chi connectivity index (χ0v) is 15.4. The molecule has 4 rings (SSSR count). The van der Waals surface area contributed by atoms with E-state index in [9.17, 15) is 4.79 Å². The van der Waals surface area contributed by atoms with E-state index in [2.05, 4.69) is 41.3 Å². The Kier molecular flexibility index (Phi) is 4.93. The first-order valence-electron chi connectivity index (χ1n) is 9.47. The Morgan fingerprint density at radius 2 is 1.85 bits per heavy atom. The van der Waals surface area contributed by atoms with Gasteiger partial charge < -0.3 is 9.64 Å². The van der Waals surface area contributed by atoms with Crippen molar-refractivity contribution in [1.29, 1.82) is 0 Å². The number of amides is 1. The fourth-order valence-corrected chi connectivity index (χ4v) is 4.20. The van der Waals surface area contributed by atoms with Crippen molar-refractivity contribution in [2.45, 2.75) is 31.8 Å². The zero-order valence-electron chi connectivity index (χ0n) is 15.4. The van der Waals surface area contributed by atoms with Gasteiger partial charge in [0.15, 0.2) is 0 Å². The molecule has 1 atom stereocenters. The number of carbonyl (C=O) groups is 1. The van der Waals surface area contributed by atoms with E-state index in [-0.39, 0.29) is 5.91 Å². The van der Waals surface area contributed by atoms with Crippen LogP contribution >= 0.6 is 0 Å². The average molecular weight is 350 g/mol. The Hall–Kier alpha value is -2.33. The lowest BCUT2D eigenvalue weighted by molar-refractivity contribution is -0.133. The first-order valence-corrected chi connectivity index (χ1v) is 9.47. The van der Waals surface area contributed by atoms with Crippen LogP contribution in [0.2, 0.25) is 0 Å². The lowest BCUT2D eigenvalue weighted by Gasteiger charge is -2.32. The molecular formula is C22H26N2O2. The number of nitrogens with zero attached hydrogens (tertiary/aromatic N) is 2. The summed E-state index contributed by atoms with van der Waals surface area (Å²) < 4.78 is 5.26. The number of hydrogen-bond donors (Lipinski definition) is 0. The molecule has 1 saturated heterocycles. The summed E-state index contributed by atoms with van der Waals surface area (Å²) in [6.07, 6.45) is 3.22. The highest BCUT2D eigenvalue weighted by atomic mass is 16.5. The highest BCUT2D eigenvalue weighted by Gasteiger charge is 2.30. The molecule has 2 aromatic carbocycles. The summed E-state index contributed by atoms with van der Waals surface area (Å²) >= 11 is 0. The highest BCUT2D eigenvalue weighted by molar-refractivity contribution is 5.78. The van der Waals surface area contributed by atoms with Gasteiger partial charge in [-0.2, -0.15) is 0 Å². The first kappa shape index (κ1) is 17.1. The Morgan fingerprint density at radius 1 is 1.08 bits per heavy atom. The zero-order chi connectivity index (χ0) is 17.9. The molecule has 0 N–H and O–H groups in total. The van der Waals surface area contributed by atoms with Gasteiger partial charge in [0.2, 0.25) is 5.91 Å². The summed E-state index contributed by atoms with van der Waals surface area (Å²) in [5, 5.41) is 0. The van der Waals surface area contributed by atoms with Gasteiger partial charge in [0.1, 0.15) is 5.75 Å². The van der Waals surface area contributed by atoms with Crippen LogP contribution in [0.4, 0.5) is 0 Å². The SMILES string of the molecule is COc1ccc(C2CCCN2CC(=O)N2CCc3ccccc3C2)cc1. The van der Waals surface area contributed by atoms with Crippen LogP contribution in [0.5, 0.6) is 5.75 Å². The fraction of sp³-hybridized carbons (Fsp3) is 0.409. The number of carbonyl (C=O) groups excluding carboxylic acids is 1. The molecule has 0 bridgehead atoms. The van der Waals surface area contributed by atoms with Gasteiger partial charge in [0.05, 0.1) is 13.7 Å². The van der Waals surface area contributed by atoms with Gasteiger partial charge in [-0.3, -0.25) is 9.69 Å². The average Bonchev–Trinajstić information content (AvgIpc) is 3.15. The quantitative estimate of drug-likeness (QED) is 0.847. The molecule has 1 unspecified atom stereocenters. The van der Waals surface area contributed by atoms with Gasteiger partial charge in [0, 0.05) is 19.1 Å². The van der Waals surface area contributed by atoms with Gasteiger partial charge in [-0.05, 0) is 54.6 Å². The molecular weight excluding hydrogens is 324 g/mol. The number of rotatable bonds is 4. The monoisotopic (exact) mass is 350 g/mol. The Morgan fingerprint density at radius 3 is 2.62 bits per heavy atom. The molecule has 2 aromatic rings. The first-order chi connectivity index (χ1) is 12.7. The van der Waals surface area contributed by atoms with Crippen molar-refractivity contribution in [2.24, 2.45) is 0 Å². The second-order valence-electron chi connectivity index (χ2n) is 7.24. The van der Waals surface area contributed by atoms with Crippen LogP contribution in [0, 0.1) is 0 Å². The predicted molar refractivity (Wildman–Crippen MR) is 102 cm³/mol. The Bertz CT molecular complexity index is 772. The third kappa shape index (κ3) is 3.47. The van der Waals surface area contributed by atoms with Crippen molar-refractivity contribution in [3.05, 3.63) is 65.2 Å². The van der Waals surface area contributed by atoms with Gasteiger partial charge in [0.25, 0.3) is 0 Å². The summed E-state index contributed by atoms with van der Waals surface area (Å²) in [5.41, 5.74) is 3.95. The van der Waals surface area contributed by atoms with E-state index in [4.69, 9.17) is 4.74 Å². The molecule has 2 aliphatic rings. The molecule has 0 radical (unpaired) electrons. The number of methoxy groups -OCH3 is 1. The van der Waals surface area contributed by atoms with E-state index in [1.807, 2.05) is 17.0 Å². The lowest BCUT2D eigenvalue weighted by Crippen LogP contribution is -2.42. The van der Waals surface area contributed by atoms with Crippen molar-refractivity contribution < 1.29 is 9.53 Å². The van der Waals surface area contributed by atoms with Crippen molar-refractivity contribution in [1.82, 2.24) is 9.80 Å². The molecule has 4 heteroatoms. The molecule has 2 heterocycles. The largest absolute Gasteiger partial charge is 0.497 e. The molecule has 136 valence electrons. The Labute approximate surface area is 155 Å². The molecule has 0 saturated carbocycles. The summed E-state index contributed by atoms with van der Waals surface area (Å²) in [6.45, 7) is 3.08. The minimum Gasteiger partial charge on any atom is -0.497 e. The molecule has 0 aliphatic carbocycles. The smallest absolute Gasteiger partial charge is 0.237 e. The van der Waals surface area contributed by atoms with Crippen LogP contribution in [-0.4, -0.2) is 42.5 Å². The lowest BCUT2D eigenvalue weighted by atomic mass is 10.00. The van der Waals surface area contributed by atoms with Gasteiger partial charge in [-0.25, -0.2) is 0 Å². The van der Waals surface area contributed by atoms with Crippen molar-refractivity contribution in [2.75, 3.05) is 26.7 Å². The van der Waals surface area contributed by atoms with E-state index in [0.717, 1.165) is 44.6 Å². The van der Waals surface area contributed by atoms with Crippen LogP contribution < -0.4 is 4.74 Å². The van der Waals surface area contributed by atoms with Crippen LogP contribution in [-0.2, 0) is 17.8 Å². The highest BCUT2D eigenvalue weighted by Crippen LogP contribution is 2.32. The summed E-state index contributed by atoms with van der Waals surface area (Å²) in [5.74, 6) is 1.13. The molecule has 26 heavy (non-hydrogen) atoms. The molecule has 0 aromatic heterocycles. The van der Waals surface area contributed by atoms with E-state index < -0.39 is 0 Å². The van der Waals surface area contributed by atoms with Gasteiger partial charge in [-0.1, -0.05) is 36.4 Å². The molecule has 0 spiro atoms. The number of benzene rings is 2. The third-order valence-electron chi connectivity index (χ3n) is 5.69. The second-order valence-corrected chi connectivity index (χ2v) is 7.24. The van der Waals surface area contributed by atoms with E-state index >= 15 is 0 Å². The number of hydrogen-bond acceptors (Lipinski definition) is 3. The maximum atomic E-state index is 12.9. The van der Waals surface area contributed by atoms with Crippen LogP contribution in [0.1, 0.15) is 35.6 Å². The fourth-order valence-electron chi connectivity index (χ4n) is 4.20. The topological polar surface area (TPSA) is 32.8 Å². The molecule has 1 fully saturated rings. The number of likely N-dealkylation sites (tertiary alicyclic amines) is 1. The minimum absolute atomic E-state index is 0.250. The summed E-state index contributed by atoms with van der Waals surface area (Å²) in [4.78, 5) is 17.3. The third-order valence-corrected chi connectivity index (χ3v) is 5.69. The molecule has 2 aliphatic heterocycles. The predicted octanol–water partition coefficient (Wildman–Crippen LogP) is 3.42. The van der Waals surface area contributed by atoms with E-state index in [1.165, 1.54) is 16.7 Å². The summed E-state index contributed by atoms with van der Waals surface area (Å²) in [6, 6.07) is 17.1. The molecule has 4 nitrogen and oxygen atoms in total. The van der Waals surface area contributed by atoms with Gasteiger partial charge >= 0.3 is 0 Å². The number of ether oxygens (including phenoxy) is 1. The van der Waals surface area contributed by atoms with Crippen molar-refractivity contribution in [3.8, 4) is 5.75 Å². The maximum Gasteiger partial charge on any atom is 0.237 e. The number of fused-ring (bicyclic) bond motifs is 1. The summed E-state index contributed by atoms with van der Waals surface area (Å²) in [7, 11) is 1.69. The van der Waals surface area contributed by atoms with Crippen molar-refractivity contribution >= 4 is 5.91 Å². The Balaban J connectivity index is 1.42. The van der Waals surface area contributed by atoms with Crippen LogP contribution in [0.3, 0.4) is 0 Å². The van der Waals surface area contributed by atoms with Crippen molar-refractivity contribution in [3.63, 3.8) is 0 Å². The van der Waals surface area contributed by atoms with Crippen LogP contribution in [0.15, 0.2) is 48.5 Å². The van der Waals surface area contributed by atoms with E-state index in [1.54, 1.807) is 7.11 Å². The minimum atomic E-state index is 0.250. The van der Waals surface area contributed by atoms with Gasteiger partial charge in [-0.15, -0.1) is 0 Å². The van der Waals surface area contributed by atoms with Crippen LogP contribution in [0.25, 0.3) is 0 Å². The van der Waals surface area contributed by atoms with E-state index in [0.29, 0.717) is 12.6 Å². The normalized spacial score (nSPS) is 20.0. The standard InChI is InChI=1S/C22H26N2O2/c1-26-20-10-8-18(9-11-20)21-7-4-13-23(21)16-22(25)24-14-12-17-5-2-3-6-19(17)15-24/h2-3,5-6,8-11,21H,4,7,12-16H2,1H3. The maximum absolute atomic E-state index is 12.9. The molecule has 1 amide bonds. The second kappa shape index (κ2) is 7.50.